The minimum absolute atomic E-state index is 0.0882. The Morgan fingerprint density at radius 3 is 2.79 bits per heavy atom. The molecule has 1 aromatic heterocycles. The van der Waals surface area contributed by atoms with Crippen LogP contribution in [0.25, 0.3) is 0 Å². The highest BCUT2D eigenvalue weighted by Gasteiger charge is 2.08. The van der Waals surface area contributed by atoms with Crippen LogP contribution < -0.4 is 4.80 Å². The van der Waals surface area contributed by atoms with Crippen LogP contribution in [0.4, 0.5) is 0 Å². The van der Waals surface area contributed by atoms with Crippen LogP contribution in [-0.4, -0.2) is 14.8 Å². The average Bonchev–Trinajstić information content (AvgIpc) is 2.46. The molecule has 0 unspecified atom stereocenters. The van der Waals surface area contributed by atoms with E-state index in [0.29, 0.717) is 4.80 Å². The summed E-state index contributed by atoms with van der Waals surface area (Å²) in [5.74, 6) is 0. The molecule has 0 saturated heterocycles. The molecule has 0 aromatic carbocycles. The summed E-state index contributed by atoms with van der Waals surface area (Å²) in [5, 5.41) is 17.9. The molecule has 78 valence electrons. The van der Waals surface area contributed by atoms with Crippen LogP contribution in [0.5, 0.6) is 0 Å². The zero-order valence-corrected chi connectivity index (χ0v) is 9.11. The first-order chi connectivity index (χ1) is 6.54. The van der Waals surface area contributed by atoms with Gasteiger partial charge in [-0.05, 0) is 20.3 Å². The minimum Gasteiger partial charge on any atom is -0.233 e. The molecule has 1 aromatic rings. The third-order valence-corrected chi connectivity index (χ3v) is 2.64. The largest absolute Gasteiger partial charge is 0.280 e. The first kappa shape index (κ1) is 10.8. The van der Waals surface area contributed by atoms with E-state index in [1.54, 1.807) is 4.68 Å². The van der Waals surface area contributed by atoms with Crippen molar-refractivity contribution in [1.29, 1.82) is 0 Å². The maximum Gasteiger partial charge on any atom is 0.280 e. The molecule has 1 rings (SSSR count). The van der Waals surface area contributed by atoms with Gasteiger partial charge in [0.1, 0.15) is 5.01 Å². The SMILES string of the molecule is CCc1nn(C(C)C)c(=N[N+](=O)[O-])s1. The topological polar surface area (TPSA) is 73.3 Å². The fourth-order valence-corrected chi connectivity index (χ4v) is 1.89. The lowest BCUT2D eigenvalue weighted by molar-refractivity contribution is -0.490. The van der Waals surface area contributed by atoms with Crippen molar-refractivity contribution in [3.63, 3.8) is 0 Å². The Balaban J connectivity index is 3.26. The number of hydrogen-bond acceptors (Lipinski definition) is 4. The van der Waals surface area contributed by atoms with Crippen LogP contribution in [-0.2, 0) is 6.42 Å². The number of nitro groups is 1. The van der Waals surface area contributed by atoms with Gasteiger partial charge in [0.15, 0.2) is 5.03 Å². The van der Waals surface area contributed by atoms with Crippen LogP contribution in [0.15, 0.2) is 5.10 Å². The van der Waals surface area contributed by atoms with Crippen molar-refractivity contribution in [3.05, 3.63) is 19.9 Å². The van der Waals surface area contributed by atoms with E-state index in [0.717, 1.165) is 11.4 Å². The van der Waals surface area contributed by atoms with E-state index < -0.39 is 5.03 Å². The van der Waals surface area contributed by atoms with Crippen molar-refractivity contribution < 1.29 is 5.03 Å². The second kappa shape index (κ2) is 4.32. The van der Waals surface area contributed by atoms with Crippen molar-refractivity contribution in [2.75, 3.05) is 0 Å². The molecule has 0 N–H and O–H groups in total. The lowest BCUT2D eigenvalue weighted by Crippen LogP contribution is -2.19. The molecule has 0 saturated carbocycles. The maximum absolute atomic E-state index is 10.2. The van der Waals surface area contributed by atoms with Gasteiger partial charge in [0.05, 0.1) is 5.10 Å². The fraction of sp³-hybridized carbons (Fsp3) is 0.714. The van der Waals surface area contributed by atoms with E-state index in [1.165, 1.54) is 11.3 Å². The summed E-state index contributed by atoms with van der Waals surface area (Å²) >= 11 is 1.26. The van der Waals surface area contributed by atoms with E-state index in [9.17, 15) is 10.1 Å². The van der Waals surface area contributed by atoms with E-state index in [4.69, 9.17) is 0 Å². The molecule has 7 heteroatoms. The molecule has 0 amide bonds. The molecule has 0 aliphatic carbocycles. The summed E-state index contributed by atoms with van der Waals surface area (Å²) in [4.78, 5) is 10.6. The second-order valence-corrected chi connectivity index (χ2v) is 4.05. The molecule has 0 aliphatic heterocycles. The van der Waals surface area contributed by atoms with Gasteiger partial charge in [-0.1, -0.05) is 18.3 Å². The van der Waals surface area contributed by atoms with Crippen LogP contribution >= 0.6 is 11.3 Å². The predicted octanol–water partition coefficient (Wildman–Crippen LogP) is 1.18. The quantitative estimate of drug-likeness (QED) is 0.562. The molecule has 0 bridgehead atoms. The van der Waals surface area contributed by atoms with Gasteiger partial charge in [-0.15, -0.1) is 0 Å². The van der Waals surface area contributed by atoms with E-state index in [1.807, 2.05) is 20.8 Å². The highest BCUT2D eigenvalue weighted by Crippen LogP contribution is 2.04. The first-order valence-electron chi connectivity index (χ1n) is 4.32. The minimum atomic E-state index is -0.689. The zero-order chi connectivity index (χ0) is 10.7. The van der Waals surface area contributed by atoms with Gasteiger partial charge >= 0.3 is 0 Å². The van der Waals surface area contributed by atoms with E-state index in [-0.39, 0.29) is 6.04 Å². The number of aryl methyl sites for hydroxylation is 1. The van der Waals surface area contributed by atoms with Crippen molar-refractivity contribution in [1.82, 2.24) is 9.78 Å². The highest BCUT2D eigenvalue weighted by molar-refractivity contribution is 7.08. The highest BCUT2D eigenvalue weighted by atomic mass is 32.1. The van der Waals surface area contributed by atoms with Gasteiger partial charge in [-0.3, -0.25) is 0 Å². The van der Waals surface area contributed by atoms with Crippen LogP contribution in [0.2, 0.25) is 0 Å². The summed E-state index contributed by atoms with van der Waals surface area (Å²) in [6, 6.07) is 0.0882. The first-order valence-corrected chi connectivity index (χ1v) is 5.13. The summed E-state index contributed by atoms with van der Waals surface area (Å²) in [6.45, 7) is 5.79. The number of aromatic nitrogens is 2. The molecule has 6 nitrogen and oxygen atoms in total. The zero-order valence-electron chi connectivity index (χ0n) is 8.30. The predicted molar refractivity (Wildman–Crippen MR) is 52.4 cm³/mol. The normalized spacial score (nSPS) is 12.4. The van der Waals surface area contributed by atoms with Gasteiger partial charge < -0.3 is 0 Å². The smallest absolute Gasteiger partial charge is 0.233 e. The van der Waals surface area contributed by atoms with Crippen molar-refractivity contribution in [2.24, 2.45) is 5.10 Å². The Kier molecular flexibility index (Phi) is 3.34. The van der Waals surface area contributed by atoms with Gasteiger partial charge in [0, 0.05) is 6.04 Å². The van der Waals surface area contributed by atoms with E-state index >= 15 is 0 Å². The lowest BCUT2D eigenvalue weighted by atomic mass is 10.4. The maximum atomic E-state index is 10.2. The van der Waals surface area contributed by atoms with Crippen molar-refractivity contribution in [2.45, 2.75) is 33.2 Å². The Morgan fingerprint density at radius 2 is 2.36 bits per heavy atom. The van der Waals surface area contributed by atoms with Gasteiger partial charge in [-0.25, -0.2) is 14.8 Å². The van der Waals surface area contributed by atoms with Gasteiger partial charge in [0.25, 0.3) is 4.80 Å². The summed E-state index contributed by atoms with van der Waals surface area (Å²) in [7, 11) is 0. The summed E-state index contributed by atoms with van der Waals surface area (Å²) in [5.41, 5.74) is 0. The molecule has 0 atom stereocenters. The third kappa shape index (κ3) is 2.38. The standard InChI is InChI=1S/C7H12N4O2S/c1-4-6-8-10(5(2)3)7(14-6)9-11(12)13/h5H,4H2,1-3H3. The Labute approximate surface area is 85.0 Å². The number of nitrogens with zero attached hydrogens (tertiary/aromatic N) is 4. The monoisotopic (exact) mass is 216 g/mol. The van der Waals surface area contributed by atoms with Crippen LogP contribution in [0, 0.1) is 10.1 Å². The van der Waals surface area contributed by atoms with Gasteiger partial charge in [-0.2, -0.15) is 5.10 Å². The van der Waals surface area contributed by atoms with Crippen LogP contribution in [0.1, 0.15) is 31.8 Å². The summed E-state index contributed by atoms with van der Waals surface area (Å²) < 4.78 is 1.58. The Bertz CT molecular complexity index is 393. The summed E-state index contributed by atoms with van der Waals surface area (Å²) in [6.07, 6.45) is 0.768. The molecule has 0 aliphatic rings. The van der Waals surface area contributed by atoms with Gasteiger partial charge in [0.2, 0.25) is 0 Å². The number of rotatable bonds is 3. The number of hydrogen-bond donors (Lipinski definition) is 0. The second-order valence-electron chi connectivity index (χ2n) is 3.01. The Morgan fingerprint density at radius 1 is 1.71 bits per heavy atom. The third-order valence-electron chi connectivity index (χ3n) is 1.58. The molecule has 14 heavy (non-hydrogen) atoms. The molecule has 0 fully saturated rings. The van der Waals surface area contributed by atoms with Crippen molar-refractivity contribution >= 4 is 11.3 Å². The van der Waals surface area contributed by atoms with Crippen LogP contribution in [0.3, 0.4) is 0 Å². The fourth-order valence-electron chi connectivity index (χ4n) is 0.951. The molecule has 0 spiro atoms. The molecule has 1 heterocycles. The Hall–Kier alpha value is -1.24. The molecular weight excluding hydrogens is 204 g/mol. The van der Waals surface area contributed by atoms with Crippen molar-refractivity contribution in [3.8, 4) is 0 Å². The lowest BCUT2D eigenvalue weighted by Gasteiger charge is -2.01. The molecular formula is C7H12N4O2S. The average molecular weight is 216 g/mol. The van der Waals surface area contributed by atoms with E-state index in [2.05, 4.69) is 10.2 Å². The molecule has 0 radical (unpaired) electrons.